The zero-order chi connectivity index (χ0) is 11.1. The Morgan fingerprint density at radius 1 is 1.27 bits per heavy atom. The van der Waals surface area contributed by atoms with E-state index in [1.165, 1.54) is 19.3 Å². The molecule has 0 bridgehead atoms. The maximum absolute atomic E-state index is 5.68. The highest BCUT2D eigenvalue weighted by Crippen LogP contribution is 2.23. The number of rotatable bonds is 6. The number of nitrogens with two attached hydrogens (primary N) is 1. The molecule has 0 heterocycles. The third kappa shape index (κ3) is 4.73. The summed E-state index contributed by atoms with van der Waals surface area (Å²) < 4.78 is 6.76. The molecule has 0 aromatic heterocycles. The van der Waals surface area contributed by atoms with Gasteiger partial charge in [0.05, 0.1) is 10.2 Å². The summed E-state index contributed by atoms with van der Waals surface area (Å²) in [7, 11) is 0. The molecule has 0 aliphatic rings. The van der Waals surface area contributed by atoms with Crippen molar-refractivity contribution in [2.75, 3.05) is 12.3 Å². The number of ether oxygens (including phenoxy) is 1. The molecule has 0 saturated heterocycles. The Balaban J connectivity index is 2.31. The van der Waals surface area contributed by atoms with E-state index in [0.29, 0.717) is 0 Å². The molecule has 0 aliphatic heterocycles. The van der Waals surface area contributed by atoms with Crippen LogP contribution in [0.15, 0.2) is 18.2 Å². The van der Waals surface area contributed by atoms with Gasteiger partial charge >= 0.3 is 0 Å². The van der Waals surface area contributed by atoms with Crippen LogP contribution in [-0.2, 0) is 0 Å². The first-order valence-corrected chi connectivity index (χ1v) is 6.49. The van der Waals surface area contributed by atoms with E-state index in [4.69, 9.17) is 10.5 Å². The highest BCUT2D eigenvalue weighted by Gasteiger charge is 2.00. The van der Waals surface area contributed by atoms with Gasteiger partial charge in [-0.1, -0.05) is 26.2 Å². The summed E-state index contributed by atoms with van der Waals surface area (Å²) in [6.45, 7) is 3.02. The molecule has 2 N–H and O–H groups in total. The van der Waals surface area contributed by atoms with Gasteiger partial charge in [-0.15, -0.1) is 0 Å². The molecule has 2 nitrogen and oxygen atoms in total. The Kier molecular flexibility index (Phi) is 5.83. The monoisotopic (exact) mass is 319 g/mol. The molecule has 1 aromatic rings. The van der Waals surface area contributed by atoms with Crippen molar-refractivity contribution in [1.82, 2.24) is 0 Å². The maximum Gasteiger partial charge on any atom is 0.132 e. The minimum atomic E-state index is 0.790. The van der Waals surface area contributed by atoms with E-state index in [0.717, 1.165) is 28.0 Å². The number of hydrogen-bond donors (Lipinski definition) is 1. The van der Waals surface area contributed by atoms with E-state index in [1.807, 2.05) is 18.2 Å². The molecule has 0 spiro atoms. The highest BCUT2D eigenvalue weighted by molar-refractivity contribution is 14.1. The van der Waals surface area contributed by atoms with Gasteiger partial charge in [0.15, 0.2) is 0 Å². The fraction of sp³-hybridized carbons (Fsp3) is 0.500. The van der Waals surface area contributed by atoms with Gasteiger partial charge < -0.3 is 10.5 Å². The molecule has 0 fully saturated rings. The van der Waals surface area contributed by atoms with E-state index in [-0.39, 0.29) is 0 Å². The van der Waals surface area contributed by atoms with Crippen molar-refractivity contribution in [3.05, 3.63) is 21.8 Å². The van der Waals surface area contributed by atoms with Crippen LogP contribution in [0.1, 0.15) is 32.6 Å². The Hall–Kier alpha value is -0.450. The Morgan fingerprint density at radius 2 is 2.07 bits per heavy atom. The standard InChI is InChI=1S/C12H18INO/c1-2-3-4-5-8-15-12-7-6-10(14)9-11(12)13/h6-7,9H,2-5,8,14H2,1H3. The fourth-order valence-corrected chi connectivity index (χ4v) is 2.04. The first-order valence-electron chi connectivity index (χ1n) is 5.42. The van der Waals surface area contributed by atoms with Gasteiger partial charge in [0.1, 0.15) is 5.75 Å². The van der Waals surface area contributed by atoms with E-state index in [1.54, 1.807) is 0 Å². The molecule has 84 valence electrons. The lowest BCUT2D eigenvalue weighted by Gasteiger charge is -2.08. The van der Waals surface area contributed by atoms with E-state index in [2.05, 4.69) is 29.5 Å². The molecule has 0 amide bonds. The minimum absolute atomic E-state index is 0.790. The van der Waals surface area contributed by atoms with Crippen LogP contribution in [0.2, 0.25) is 0 Å². The lowest BCUT2D eigenvalue weighted by atomic mass is 10.2. The van der Waals surface area contributed by atoms with Crippen molar-refractivity contribution >= 4 is 28.3 Å². The largest absolute Gasteiger partial charge is 0.492 e. The maximum atomic E-state index is 5.68. The summed E-state index contributed by atoms with van der Waals surface area (Å²) in [5.41, 5.74) is 6.45. The second-order valence-electron chi connectivity index (χ2n) is 3.60. The molecule has 0 unspecified atom stereocenters. The predicted octanol–water partition coefficient (Wildman–Crippen LogP) is 3.83. The Bertz CT molecular complexity index is 302. The van der Waals surface area contributed by atoms with Crippen LogP contribution in [0.3, 0.4) is 0 Å². The van der Waals surface area contributed by atoms with Crippen molar-refractivity contribution in [3.8, 4) is 5.75 Å². The molecule has 15 heavy (non-hydrogen) atoms. The number of unbranched alkanes of at least 4 members (excludes halogenated alkanes) is 3. The molecule has 0 atom stereocenters. The van der Waals surface area contributed by atoms with Crippen LogP contribution in [0, 0.1) is 3.57 Å². The second-order valence-corrected chi connectivity index (χ2v) is 4.76. The molecule has 1 aromatic carbocycles. The van der Waals surface area contributed by atoms with E-state index < -0.39 is 0 Å². The fourth-order valence-electron chi connectivity index (χ4n) is 1.35. The van der Waals surface area contributed by atoms with Crippen molar-refractivity contribution in [1.29, 1.82) is 0 Å². The zero-order valence-electron chi connectivity index (χ0n) is 9.13. The third-order valence-corrected chi connectivity index (χ3v) is 3.05. The molecule has 0 radical (unpaired) electrons. The Labute approximate surface area is 105 Å². The summed E-state index contributed by atoms with van der Waals surface area (Å²) in [6, 6.07) is 5.75. The van der Waals surface area contributed by atoms with Gasteiger partial charge in [0, 0.05) is 5.69 Å². The van der Waals surface area contributed by atoms with Crippen LogP contribution in [0.5, 0.6) is 5.75 Å². The average molecular weight is 319 g/mol. The molecule has 1 rings (SSSR count). The van der Waals surface area contributed by atoms with Crippen LogP contribution in [0.25, 0.3) is 0 Å². The van der Waals surface area contributed by atoms with Gasteiger partial charge in [-0.05, 0) is 47.2 Å². The predicted molar refractivity (Wildman–Crippen MR) is 73.2 cm³/mol. The molecular weight excluding hydrogens is 301 g/mol. The lowest BCUT2D eigenvalue weighted by Crippen LogP contribution is -1.99. The summed E-state index contributed by atoms with van der Waals surface area (Å²) >= 11 is 2.25. The normalized spacial score (nSPS) is 10.3. The molecular formula is C12H18INO. The first kappa shape index (κ1) is 12.6. The summed E-state index contributed by atoms with van der Waals surface area (Å²) in [5.74, 6) is 0.946. The van der Waals surface area contributed by atoms with Gasteiger partial charge in [-0.3, -0.25) is 0 Å². The third-order valence-electron chi connectivity index (χ3n) is 2.21. The number of halogens is 1. The van der Waals surface area contributed by atoms with Crippen LogP contribution < -0.4 is 10.5 Å². The average Bonchev–Trinajstić information content (AvgIpc) is 2.20. The highest BCUT2D eigenvalue weighted by atomic mass is 127. The topological polar surface area (TPSA) is 35.2 Å². The number of benzene rings is 1. The van der Waals surface area contributed by atoms with E-state index in [9.17, 15) is 0 Å². The van der Waals surface area contributed by atoms with Gasteiger partial charge in [0.2, 0.25) is 0 Å². The van der Waals surface area contributed by atoms with Crippen molar-refractivity contribution in [2.24, 2.45) is 0 Å². The molecule has 0 saturated carbocycles. The smallest absolute Gasteiger partial charge is 0.132 e. The molecule has 3 heteroatoms. The lowest BCUT2D eigenvalue weighted by molar-refractivity contribution is 0.303. The number of nitrogen functional groups attached to an aromatic ring is 1. The Morgan fingerprint density at radius 3 is 2.73 bits per heavy atom. The quantitative estimate of drug-likeness (QED) is 0.491. The zero-order valence-corrected chi connectivity index (χ0v) is 11.3. The van der Waals surface area contributed by atoms with Crippen molar-refractivity contribution < 1.29 is 4.74 Å². The van der Waals surface area contributed by atoms with Gasteiger partial charge in [-0.2, -0.15) is 0 Å². The summed E-state index contributed by atoms with van der Waals surface area (Å²) in [5, 5.41) is 0. The number of anilines is 1. The SMILES string of the molecule is CCCCCCOc1ccc(N)cc1I. The van der Waals surface area contributed by atoms with Crippen LogP contribution >= 0.6 is 22.6 Å². The van der Waals surface area contributed by atoms with Gasteiger partial charge in [-0.25, -0.2) is 0 Å². The number of hydrogen-bond acceptors (Lipinski definition) is 2. The van der Waals surface area contributed by atoms with E-state index >= 15 is 0 Å². The van der Waals surface area contributed by atoms with Crippen molar-refractivity contribution in [3.63, 3.8) is 0 Å². The summed E-state index contributed by atoms with van der Waals surface area (Å²) in [6.07, 6.45) is 4.94. The van der Waals surface area contributed by atoms with Crippen molar-refractivity contribution in [2.45, 2.75) is 32.6 Å². The minimum Gasteiger partial charge on any atom is -0.492 e. The van der Waals surface area contributed by atoms with Gasteiger partial charge in [0.25, 0.3) is 0 Å². The molecule has 0 aliphatic carbocycles. The first-order chi connectivity index (χ1) is 7.24. The second kappa shape index (κ2) is 6.93. The van der Waals surface area contributed by atoms with Crippen LogP contribution in [-0.4, -0.2) is 6.61 Å². The van der Waals surface area contributed by atoms with Crippen LogP contribution in [0.4, 0.5) is 5.69 Å². The summed E-state index contributed by atoms with van der Waals surface area (Å²) in [4.78, 5) is 0.